The maximum Gasteiger partial charge on any atom is 0.407 e. The number of nitrogens with two attached hydrogens (primary N) is 1. The molecule has 1 amide bonds. The molecule has 0 radical (unpaired) electrons. The van der Waals surface area contributed by atoms with E-state index in [9.17, 15) is 4.79 Å². The van der Waals surface area contributed by atoms with Crippen LogP contribution in [0.15, 0.2) is 12.1 Å². The number of ether oxygens (including phenoxy) is 4. The number of methoxy groups -OCH3 is 1. The van der Waals surface area contributed by atoms with E-state index in [1.54, 1.807) is 19.1 Å². The quantitative estimate of drug-likeness (QED) is 0.842. The molecule has 0 aromatic heterocycles. The van der Waals surface area contributed by atoms with Gasteiger partial charge in [-0.25, -0.2) is 4.79 Å². The van der Waals surface area contributed by atoms with Crippen LogP contribution in [0.1, 0.15) is 18.5 Å². The minimum Gasteiger partial charge on any atom is -0.493 e. The second-order valence-corrected chi connectivity index (χ2v) is 4.11. The van der Waals surface area contributed by atoms with Gasteiger partial charge in [-0.1, -0.05) is 0 Å². The largest absolute Gasteiger partial charge is 0.493 e. The number of carbonyl (C=O) groups is 1. The van der Waals surface area contributed by atoms with Crippen LogP contribution < -0.4 is 25.3 Å². The maximum absolute atomic E-state index is 11.5. The first-order valence-corrected chi connectivity index (χ1v) is 6.30. The van der Waals surface area contributed by atoms with E-state index < -0.39 is 12.1 Å². The van der Waals surface area contributed by atoms with Crippen LogP contribution >= 0.6 is 0 Å². The first-order valence-electron chi connectivity index (χ1n) is 6.30. The Kier molecular flexibility index (Phi) is 4.52. The Bertz CT molecular complexity index is 492. The van der Waals surface area contributed by atoms with Gasteiger partial charge in [0.05, 0.1) is 19.8 Å². The van der Waals surface area contributed by atoms with Gasteiger partial charge in [-0.05, 0) is 24.6 Å². The van der Waals surface area contributed by atoms with Crippen LogP contribution in [0.2, 0.25) is 0 Å². The van der Waals surface area contributed by atoms with Gasteiger partial charge in [0, 0.05) is 6.54 Å². The van der Waals surface area contributed by atoms with Crippen molar-refractivity contribution in [1.29, 1.82) is 0 Å². The minimum atomic E-state index is -0.514. The fourth-order valence-corrected chi connectivity index (χ4v) is 1.94. The van der Waals surface area contributed by atoms with E-state index in [1.165, 1.54) is 7.11 Å². The highest BCUT2D eigenvalue weighted by atomic mass is 16.7. The molecule has 0 saturated carbocycles. The summed E-state index contributed by atoms with van der Waals surface area (Å²) >= 11 is 0. The molecule has 0 saturated heterocycles. The highest BCUT2D eigenvalue weighted by molar-refractivity contribution is 5.68. The van der Waals surface area contributed by atoms with E-state index in [-0.39, 0.29) is 13.3 Å². The average molecular weight is 282 g/mol. The highest BCUT2D eigenvalue weighted by Gasteiger charge is 2.23. The second-order valence-electron chi connectivity index (χ2n) is 4.11. The monoisotopic (exact) mass is 282 g/mol. The molecule has 0 bridgehead atoms. The van der Waals surface area contributed by atoms with Crippen molar-refractivity contribution in [3.8, 4) is 17.2 Å². The first kappa shape index (κ1) is 14.3. The lowest BCUT2D eigenvalue weighted by Crippen LogP contribution is -2.33. The zero-order valence-corrected chi connectivity index (χ0v) is 11.5. The fourth-order valence-electron chi connectivity index (χ4n) is 1.94. The topological polar surface area (TPSA) is 92.0 Å². The van der Waals surface area contributed by atoms with Crippen LogP contribution in [0.3, 0.4) is 0 Å². The Morgan fingerprint density at radius 1 is 1.50 bits per heavy atom. The Balaban J connectivity index is 2.23. The minimum absolute atomic E-state index is 0.147. The highest BCUT2D eigenvalue weighted by Crippen LogP contribution is 2.42. The van der Waals surface area contributed by atoms with Crippen molar-refractivity contribution in [2.24, 2.45) is 5.73 Å². The number of hydrogen-bond donors (Lipinski definition) is 2. The molecule has 2 rings (SSSR count). The summed E-state index contributed by atoms with van der Waals surface area (Å²) < 4.78 is 20.8. The third-order valence-electron chi connectivity index (χ3n) is 2.89. The molecule has 1 aliphatic heterocycles. The van der Waals surface area contributed by atoms with Crippen LogP contribution in [-0.4, -0.2) is 33.1 Å². The lowest BCUT2D eigenvalue weighted by Gasteiger charge is -2.18. The molecule has 0 aliphatic carbocycles. The van der Waals surface area contributed by atoms with Crippen LogP contribution in [0, 0.1) is 0 Å². The molecular weight excluding hydrogens is 264 g/mol. The van der Waals surface area contributed by atoms with Crippen molar-refractivity contribution < 1.29 is 23.7 Å². The molecule has 1 unspecified atom stereocenters. The lowest BCUT2D eigenvalue weighted by molar-refractivity contribution is 0.148. The summed E-state index contributed by atoms with van der Waals surface area (Å²) in [6.45, 7) is 2.41. The molecule has 1 heterocycles. The second kappa shape index (κ2) is 6.33. The van der Waals surface area contributed by atoms with Crippen LogP contribution in [-0.2, 0) is 4.74 Å². The van der Waals surface area contributed by atoms with Gasteiger partial charge < -0.3 is 30.0 Å². The Labute approximate surface area is 116 Å². The number of hydrogen-bond acceptors (Lipinski definition) is 6. The Hall–Kier alpha value is -2.15. The molecule has 3 N–H and O–H groups in total. The standard InChI is InChI=1S/C13H18N2O5/c1-3-18-13(16)15-9(6-14)8-4-10(17-2)12-11(5-8)19-7-20-12/h4-5,9H,3,6-7,14H2,1-2H3,(H,15,16). The fraction of sp³-hybridized carbons (Fsp3) is 0.462. The molecule has 20 heavy (non-hydrogen) atoms. The van der Waals surface area contributed by atoms with Gasteiger partial charge in [0.2, 0.25) is 12.5 Å². The molecule has 1 aromatic carbocycles. The molecule has 7 heteroatoms. The molecular formula is C13H18N2O5. The predicted octanol–water partition coefficient (Wildman–Crippen LogP) is 1.17. The van der Waals surface area contributed by atoms with E-state index in [0.717, 1.165) is 5.56 Å². The van der Waals surface area contributed by atoms with Gasteiger partial charge in [-0.2, -0.15) is 0 Å². The number of benzene rings is 1. The predicted molar refractivity (Wildman–Crippen MR) is 71.1 cm³/mol. The van der Waals surface area contributed by atoms with E-state index in [0.29, 0.717) is 23.9 Å². The summed E-state index contributed by atoms with van der Waals surface area (Å²) in [7, 11) is 1.54. The molecule has 7 nitrogen and oxygen atoms in total. The van der Waals surface area contributed by atoms with E-state index in [1.807, 2.05) is 0 Å². The summed E-state index contributed by atoms with van der Waals surface area (Å²) in [4.78, 5) is 11.5. The summed E-state index contributed by atoms with van der Waals surface area (Å²) in [5, 5.41) is 2.69. The molecule has 110 valence electrons. The third kappa shape index (κ3) is 2.88. The zero-order chi connectivity index (χ0) is 14.5. The zero-order valence-electron chi connectivity index (χ0n) is 11.5. The van der Waals surface area contributed by atoms with Gasteiger partial charge in [0.15, 0.2) is 11.5 Å². The molecule has 0 spiro atoms. The van der Waals surface area contributed by atoms with Crippen molar-refractivity contribution in [2.75, 3.05) is 27.1 Å². The number of rotatable bonds is 5. The lowest BCUT2D eigenvalue weighted by atomic mass is 10.1. The van der Waals surface area contributed by atoms with Gasteiger partial charge in [-0.15, -0.1) is 0 Å². The number of carbonyl (C=O) groups excluding carboxylic acids is 1. The molecule has 1 aromatic rings. The summed E-state index contributed by atoms with van der Waals surface area (Å²) in [5.41, 5.74) is 6.47. The van der Waals surface area contributed by atoms with Gasteiger partial charge >= 0.3 is 6.09 Å². The third-order valence-corrected chi connectivity index (χ3v) is 2.89. The number of fused-ring (bicyclic) bond motifs is 1. The van der Waals surface area contributed by atoms with Crippen LogP contribution in [0.4, 0.5) is 4.79 Å². The first-order chi connectivity index (χ1) is 9.69. The van der Waals surface area contributed by atoms with Crippen molar-refractivity contribution in [3.63, 3.8) is 0 Å². The van der Waals surface area contributed by atoms with Crippen molar-refractivity contribution in [2.45, 2.75) is 13.0 Å². The molecule has 0 fully saturated rings. The van der Waals surface area contributed by atoms with Gasteiger partial charge in [0.25, 0.3) is 0 Å². The SMILES string of the molecule is CCOC(=O)NC(CN)c1cc(OC)c2c(c1)OCO2. The smallest absolute Gasteiger partial charge is 0.407 e. The maximum atomic E-state index is 11.5. The average Bonchev–Trinajstić information content (AvgIpc) is 2.92. The van der Waals surface area contributed by atoms with Gasteiger partial charge in [-0.3, -0.25) is 0 Å². The Morgan fingerprint density at radius 2 is 2.30 bits per heavy atom. The van der Waals surface area contributed by atoms with E-state index >= 15 is 0 Å². The normalized spacial score (nSPS) is 13.8. The number of nitrogens with one attached hydrogen (secondary N) is 1. The van der Waals surface area contributed by atoms with Crippen LogP contribution in [0.5, 0.6) is 17.2 Å². The molecule has 1 aliphatic rings. The Morgan fingerprint density at radius 3 is 2.95 bits per heavy atom. The summed E-state index contributed by atoms with van der Waals surface area (Å²) in [6.07, 6.45) is -0.514. The number of amides is 1. The van der Waals surface area contributed by atoms with Crippen molar-refractivity contribution in [3.05, 3.63) is 17.7 Å². The van der Waals surface area contributed by atoms with Gasteiger partial charge in [0.1, 0.15) is 0 Å². The summed E-state index contributed by atoms with van der Waals surface area (Å²) in [5.74, 6) is 1.67. The van der Waals surface area contributed by atoms with Crippen molar-refractivity contribution in [1.82, 2.24) is 5.32 Å². The van der Waals surface area contributed by atoms with E-state index in [2.05, 4.69) is 5.32 Å². The number of alkyl carbamates (subject to hydrolysis) is 1. The van der Waals surface area contributed by atoms with E-state index in [4.69, 9.17) is 24.7 Å². The molecule has 1 atom stereocenters. The van der Waals surface area contributed by atoms with Crippen molar-refractivity contribution >= 4 is 6.09 Å². The summed E-state index contributed by atoms with van der Waals surface area (Å²) in [6, 6.07) is 3.14. The van der Waals surface area contributed by atoms with Crippen LogP contribution in [0.25, 0.3) is 0 Å².